The summed E-state index contributed by atoms with van der Waals surface area (Å²) >= 11 is 0. The maximum absolute atomic E-state index is 12.4. The maximum atomic E-state index is 12.4. The minimum Gasteiger partial charge on any atom is -0.463 e. The third-order valence-corrected chi connectivity index (χ3v) is 5.13. The molecule has 0 amide bonds. The number of nitrogens with zero attached hydrogens (tertiary/aromatic N) is 3. The van der Waals surface area contributed by atoms with E-state index < -0.39 is 24.1 Å². The number of ether oxygens (including phenoxy) is 5. The third-order valence-electron chi connectivity index (χ3n) is 5.13. The molecule has 0 spiro atoms. The van der Waals surface area contributed by atoms with Crippen LogP contribution in [0.1, 0.15) is 40.5 Å². The van der Waals surface area contributed by atoms with Gasteiger partial charge in [0.25, 0.3) is 0 Å². The number of rotatable bonds is 14. The van der Waals surface area contributed by atoms with Crippen LogP contribution in [0.2, 0.25) is 0 Å². The van der Waals surface area contributed by atoms with Crippen molar-refractivity contribution < 1.29 is 38.1 Å². The van der Waals surface area contributed by atoms with Crippen LogP contribution in [0.4, 0.5) is 0 Å². The van der Waals surface area contributed by atoms with E-state index in [2.05, 4.69) is 10.0 Å². The van der Waals surface area contributed by atoms with Crippen molar-refractivity contribution in [1.29, 1.82) is 0 Å². The summed E-state index contributed by atoms with van der Waals surface area (Å²) in [6.07, 6.45) is -1.13. The molecular weight excluding hydrogens is 410 g/mol. The van der Waals surface area contributed by atoms with E-state index in [1.165, 1.54) is 13.8 Å². The molecule has 5 atom stereocenters. The van der Waals surface area contributed by atoms with Crippen molar-refractivity contribution in [3.05, 3.63) is 10.4 Å². The van der Waals surface area contributed by atoms with E-state index in [9.17, 15) is 14.4 Å². The zero-order valence-electron chi connectivity index (χ0n) is 18.7. The van der Waals surface area contributed by atoms with Crippen LogP contribution < -0.4 is 0 Å². The second kappa shape index (κ2) is 14.7. The number of ketones is 1. The highest BCUT2D eigenvalue weighted by Gasteiger charge is 2.44. The van der Waals surface area contributed by atoms with Gasteiger partial charge in [0.15, 0.2) is 0 Å². The number of hydrogen-bond donors (Lipinski definition) is 0. The van der Waals surface area contributed by atoms with Gasteiger partial charge in [-0.3, -0.25) is 14.4 Å². The third kappa shape index (κ3) is 10.6. The van der Waals surface area contributed by atoms with E-state index in [4.69, 9.17) is 29.2 Å². The number of Topliss-reactive ketones (excluding diaryl/α,β-unsaturated/α-hetero) is 1. The molecule has 0 aliphatic carbocycles. The summed E-state index contributed by atoms with van der Waals surface area (Å²) in [5.41, 5.74) is 8.15. The fourth-order valence-electron chi connectivity index (χ4n) is 3.33. The Morgan fingerprint density at radius 3 is 2.26 bits per heavy atom. The summed E-state index contributed by atoms with van der Waals surface area (Å²) in [4.78, 5) is 37.7. The van der Waals surface area contributed by atoms with E-state index in [0.29, 0.717) is 19.8 Å². The van der Waals surface area contributed by atoms with Crippen LogP contribution >= 0.6 is 0 Å². The summed E-state index contributed by atoms with van der Waals surface area (Å²) in [5.74, 6) is -1.01. The molecular formula is C20H33N3O8. The Morgan fingerprint density at radius 1 is 0.968 bits per heavy atom. The molecule has 11 nitrogen and oxygen atoms in total. The van der Waals surface area contributed by atoms with E-state index in [-0.39, 0.29) is 56.3 Å². The van der Waals surface area contributed by atoms with Gasteiger partial charge in [-0.2, -0.15) is 0 Å². The molecule has 5 unspecified atom stereocenters. The molecule has 1 fully saturated rings. The van der Waals surface area contributed by atoms with Gasteiger partial charge in [-0.05, 0) is 11.4 Å². The van der Waals surface area contributed by atoms with Gasteiger partial charge in [-0.15, -0.1) is 0 Å². The number of esters is 2. The van der Waals surface area contributed by atoms with Crippen molar-refractivity contribution >= 4 is 17.7 Å². The molecule has 1 aliphatic rings. The van der Waals surface area contributed by atoms with Crippen molar-refractivity contribution in [3.63, 3.8) is 0 Å². The van der Waals surface area contributed by atoms with Crippen molar-refractivity contribution in [3.8, 4) is 0 Å². The van der Waals surface area contributed by atoms with Crippen molar-refractivity contribution in [2.45, 2.75) is 58.8 Å². The summed E-state index contributed by atoms with van der Waals surface area (Å²) in [5, 5.41) is 3.35. The summed E-state index contributed by atoms with van der Waals surface area (Å²) < 4.78 is 27.1. The second-order valence-electron chi connectivity index (χ2n) is 7.48. The van der Waals surface area contributed by atoms with Gasteiger partial charge in [-0.25, -0.2) is 0 Å². The topological polar surface area (TPSA) is 146 Å². The van der Waals surface area contributed by atoms with Crippen LogP contribution in [-0.2, 0) is 38.1 Å². The standard InChI is InChI=1S/C20H33N3O8/c1-13-14(2)20(30-16(4)25)19(12-29-15(3)24)31-18(13)11-17(26)5-7-27-9-10-28-8-6-22-23-21/h13-14,18-20H,5-12H2,1-4H3. The molecule has 11 heteroatoms. The minimum absolute atomic E-state index is 0.00880. The van der Waals surface area contributed by atoms with Crippen LogP contribution in [0.25, 0.3) is 10.4 Å². The number of azide groups is 1. The highest BCUT2D eigenvalue weighted by Crippen LogP contribution is 2.34. The first-order chi connectivity index (χ1) is 14.8. The van der Waals surface area contributed by atoms with Crippen molar-refractivity contribution in [1.82, 2.24) is 0 Å². The van der Waals surface area contributed by atoms with Crippen LogP contribution in [0, 0.1) is 11.8 Å². The zero-order chi connectivity index (χ0) is 23.2. The fourth-order valence-corrected chi connectivity index (χ4v) is 3.33. The molecule has 1 rings (SSSR count). The molecule has 1 aliphatic heterocycles. The van der Waals surface area contributed by atoms with Crippen LogP contribution in [0.3, 0.4) is 0 Å². The van der Waals surface area contributed by atoms with Crippen LogP contribution in [0.5, 0.6) is 0 Å². The Labute approximate surface area is 182 Å². The fraction of sp³-hybridized carbons (Fsp3) is 0.850. The van der Waals surface area contributed by atoms with E-state index in [1.54, 1.807) is 0 Å². The SMILES string of the molecule is CC(=O)OCC1OC(CC(=O)CCOCCOCCN=[N+]=[N-])C(C)C(C)C1OC(C)=O. The quantitative estimate of drug-likeness (QED) is 0.131. The van der Waals surface area contributed by atoms with Gasteiger partial charge in [0.2, 0.25) is 0 Å². The lowest BCUT2D eigenvalue weighted by Crippen LogP contribution is -2.53. The predicted octanol–water partition coefficient (Wildman–Crippen LogP) is 2.21. The molecule has 0 aromatic rings. The van der Waals surface area contributed by atoms with Gasteiger partial charge in [0.1, 0.15) is 24.6 Å². The lowest BCUT2D eigenvalue weighted by Gasteiger charge is -2.43. The largest absolute Gasteiger partial charge is 0.463 e. The van der Waals surface area contributed by atoms with Gasteiger partial charge < -0.3 is 23.7 Å². The number of carbonyl (C=O) groups is 3. The van der Waals surface area contributed by atoms with E-state index in [1.807, 2.05) is 13.8 Å². The molecule has 0 N–H and O–H groups in total. The first-order valence-corrected chi connectivity index (χ1v) is 10.4. The Hall–Kier alpha value is -2.20. The molecule has 1 heterocycles. The van der Waals surface area contributed by atoms with E-state index in [0.717, 1.165) is 0 Å². The Balaban J connectivity index is 2.45. The molecule has 1 saturated heterocycles. The maximum Gasteiger partial charge on any atom is 0.303 e. The summed E-state index contributed by atoms with van der Waals surface area (Å²) in [6, 6.07) is 0. The van der Waals surface area contributed by atoms with Crippen LogP contribution in [-0.4, -0.2) is 75.6 Å². The summed E-state index contributed by atoms with van der Waals surface area (Å²) in [7, 11) is 0. The Kier molecular flexibility index (Phi) is 12.8. The number of hydrogen-bond acceptors (Lipinski definition) is 9. The second-order valence-corrected chi connectivity index (χ2v) is 7.48. The predicted molar refractivity (Wildman–Crippen MR) is 109 cm³/mol. The molecule has 0 radical (unpaired) electrons. The molecule has 0 aromatic carbocycles. The smallest absolute Gasteiger partial charge is 0.303 e. The highest BCUT2D eigenvalue weighted by atomic mass is 16.6. The highest BCUT2D eigenvalue weighted by molar-refractivity contribution is 5.79. The normalized spacial score (nSPS) is 25.4. The minimum atomic E-state index is -0.629. The van der Waals surface area contributed by atoms with Gasteiger partial charge >= 0.3 is 11.9 Å². The Bertz CT molecular complexity index is 638. The monoisotopic (exact) mass is 443 g/mol. The van der Waals surface area contributed by atoms with Crippen molar-refractivity contribution in [2.75, 3.05) is 39.6 Å². The van der Waals surface area contributed by atoms with E-state index >= 15 is 0 Å². The molecule has 31 heavy (non-hydrogen) atoms. The zero-order valence-corrected chi connectivity index (χ0v) is 18.7. The van der Waals surface area contributed by atoms with Gasteiger partial charge in [0.05, 0.1) is 32.5 Å². The lowest BCUT2D eigenvalue weighted by molar-refractivity contribution is -0.206. The average Bonchev–Trinajstić information content (AvgIpc) is 2.71. The first-order valence-electron chi connectivity index (χ1n) is 10.4. The first kappa shape index (κ1) is 26.8. The molecule has 176 valence electrons. The average molecular weight is 443 g/mol. The lowest BCUT2D eigenvalue weighted by atomic mass is 9.79. The number of carbonyl (C=O) groups excluding carboxylic acids is 3. The van der Waals surface area contributed by atoms with Gasteiger partial charge in [-0.1, -0.05) is 19.0 Å². The molecule has 0 saturated carbocycles. The summed E-state index contributed by atoms with van der Waals surface area (Å²) in [6.45, 7) is 8.00. The van der Waals surface area contributed by atoms with Crippen molar-refractivity contribution in [2.24, 2.45) is 17.0 Å². The van der Waals surface area contributed by atoms with Crippen LogP contribution in [0.15, 0.2) is 5.11 Å². The Morgan fingerprint density at radius 2 is 1.65 bits per heavy atom. The van der Waals surface area contributed by atoms with Gasteiger partial charge in [0, 0.05) is 44.1 Å². The molecule has 0 bridgehead atoms. The molecule has 0 aromatic heterocycles.